The maximum absolute atomic E-state index is 5.30. The minimum atomic E-state index is 0.726. The first-order valence-electron chi connectivity index (χ1n) is 9.93. The van der Waals surface area contributed by atoms with Crippen LogP contribution in [0.2, 0.25) is 0 Å². The molecule has 0 spiro atoms. The summed E-state index contributed by atoms with van der Waals surface area (Å²) in [6.07, 6.45) is 16.6. The Kier molecular flexibility index (Phi) is 13.5. The number of rotatable bonds is 14. The molecule has 0 aliphatic carbocycles. The molecular formula is C21H36N2S. The Balaban J connectivity index is 1.81. The molecule has 1 aromatic rings. The summed E-state index contributed by atoms with van der Waals surface area (Å²) in [4.78, 5) is 0. The molecule has 0 aromatic heterocycles. The molecule has 0 bridgehead atoms. The molecule has 1 aromatic carbocycles. The molecule has 0 saturated heterocycles. The van der Waals surface area contributed by atoms with Crippen LogP contribution in [0, 0.1) is 0 Å². The first kappa shape index (κ1) is 21.0. The Labute approximate surface area is 154 Å². The zero-order chi connectivity index (χ0) is 17.3. The van der Waals surface area contributed by atoms with Crippen molar-refractivity contribution in [2.75, 3.05) is 11.9 Å². The van der Waals surface area contributed by atoms with E-state index < -0.39 is 0 Å². The summed E-state index contributed by atoms with van der Waals surface area (Å²) in [5.74, 6) is 0. The Bertz CT molecular complexity index is 406. The van der Waals surface area contributed by atoms with Gasteiger partial charge in [0, 0.05) is 12.2 Å². The SMILES string of the molecule is CCCCCCCCCCCCCCNC(=S)Nc1ccccc1. The molecule has 0 heterocycles. The minimum Gasteiger partial charge on any atom is -0.362 e. The van der Waals surface area contributed by atoms with Crippen LogP contribution in [0.25, 0.3) is 0 Å². The van der Waals surface area contributed by atoms with Crippen molar-refractivity contribution in [3.8, 4) is 0 Å². The van der Waals surface area contributed by atoms with Crippen molar-refractivity contribution in [1.82, 2.24) is 5.32 Å². The van der Waals surface area contributed by atoms with Gasteiger partial charge in [-0.3, -0.25) is 0 Å². The van der Waals surface area contributed by atoms with Gasteiger partial charge in [-0.05, 0) is 30.8 Å². The standard InChI is InChI=1S/C21H36N2S/c1-2-3-4-5-6-7-8-9-10-11-12-16-19-22-21(24)23-20-17-14-13-15-18-20/h13-15,17-18H,2-12,16,19H2,1H3,(H2,22,23,24). The highest BCUT2D eigenvalue weighted by Crippen LogP contribution is 2.11. The lowest BCUT2D eigenvalue weighted by Gasteiger charge is -2.10. The second-order valence-corrected chi connectivity index (χ2v) is 7.04. The topological polar surface area (TPSA) is 24.1 Å². The fourth-order valence-electron chi connectivity index (χ4n) is 2.86. The molecule has 2 nitrogen and oxygen atoms in total. The largest absolute Gasteiger partial charge is 0.362 e. The molecule has 0 saturated carbocycles. The summed E-state index contributed by atoms with van der Waals surface area (Å²) < 4.78 is 0. The lowest BCUT2D eigenvalue weighted by Crippen LogP contribution is -2.29. The molecule has 1 rings (SSSR count). The van der Waals surface area contributed by atoms with Gasteiger partial charge in [-0.15, -0.1) is 0 Å². The predicted octanol–water partition coefficient (Wildman–Crippen LogP) is 6.67. The summed E-state index contributed by atoms with van der Waals surface area (Å²) in [5.41, 5.74) is 1.05. The first-order chi connectivity index (χ1) is 11.8. The molecule has 0 radical (unpaired) electrons. The first-order valence-corrected chi connectivity index (χ1v) is 10.3. The number of nitrogens with one attached hydrogen (secondary N) is 2. The van der Waals surface area contributed by atoms with Gasteiger partial charge in [-0.1, -0.05) is 95.8 Å². The third-order valence-electron chi connectivity index (χ3n) is 4.35. The van der Waals surface area contributed by atoms with Crippen LogP contribution in [-0.4, -0.2) is 11.7 Å². The number of hydrogen-bond donors (Lipinski definition) is 2. The van der Waals surface area contributed by atoms with Crippen molar-refractivity contribution >= 4 is 23.0 Å². The van der Waals surface area contributed by atoms with E-state index in [0.717, 1.165) is 17.3 Å². The van der Waals surface area contributed by atoms with Crippen LogP contribution in [-0.2, 0) is 0 Å². The van der Waals surface area contributed by atoms with E-state index in [2.05, 4.69) is 17.6 Å². The van der Waals surface area contributed by atoms with Crippen LogP contribution in [0.5, 0.6) is 0 Å². The molecule has 0 unspecified atom stereocenters. The lowest BCUT2D eigenvalue weighted by atomic mass is 10.1. The van der Waals surface area contributed by atoms with Crippen molar-refractivity contribution in [3.05, 3.63) is 30.3 Å². The maximum atomic E-state index is 5.30. The zero-order valence-corrected chi connectivity index (χ0v) is 16.3. The summed E-state index contributed by atoms with van der Waals surface area (Å²) in [5, 5.41) is 7.22. The van der Waals surface area contributed by atoms with Crippen molar-refractivity contribution in [3.63, 3.8) is 0 Å². The average molecular weight is 349 g/mol. The van der Waals surface area contributed by atoms with Crippen LogP contribution in [0.3, 0.4) is 0 Å². The van der Waals surface area contributed by atoms with Crippen LogP contribution >= 0.6 is 12.2 Å². The van der Waals surface area contributed by atoms with Gasteiger partial charge in [0.05, 0.1) is 0 Å². The number of anilines is 1. The van der Waals surface area contributed by atoms with Crippen LogP contribution in [0.1, 0.15) is 84.0 Å². The zero-order valence-electron chi connectivity index (χ0n) is 15.5. The molecule has 136 valence electrons. The van der Waals surface area contributed by atoms with Crippen molar-refractivity contribution in [2.45, 2.75) is 84.0 Å². The van der Waals surface area contributed by atoms with Crippen molar-refractivity contribution in [1.29, 1.82) is 0 Å². The second kappa shape index (κ2) is 15.4. The Morgan fingerprint density at radius 2 is 1.25 bits per heavy atom. The smallest absolute Gasteiger partial charge is 0.170 e. The average Bonchev–Trinajstić information content (AvgIpc) is 2.60. The van der Waals surface area contributed by atoms with Gasteiger partial charge in [0.15, 0.2) is 5.11 Å². The van der Waals surface area contributed by atoms with E-state index in [1.807, 2.05) is 30.3 Å². The summed E-state index contributed by atoms with van der Waals surface area (Å²) in [6, 6.07) is 10.1. The van der Waals surface area contributed by atoms with Crippen LogP contribution in [0.4, 0.5) is 5.69 Å². The number of benzene rings is 1. The van der Waals surface area contributed by atoms with Gasteiger partial charge in [-0.2, -0.15) is 0 Å². The molecule has 0 aliphatic heterocycles. The molecule has 0 fully saturated rings. The highest BCUT2D eigenvalue weighted by atomic mass is 32.1. The van der Waals surface area contributed by atoms with E-state index in [4.69, 9.17) is 12.2 Å². The molecule has 24 heavy (non-hydrogen) atoms. The molecule has 0 atom stereocenters. The van der Waals surface area contributed by atoms with E-state index in [1.54, 1.807) is 0 Å². The summed E-state index contributed by atoms with van der Waals surface area (Å²) in [6.45, 7) is 3.25. The Morgan fingerprint density at radius 1 is 0.750 bits per heavy atom. The lowest BCUT2D eigenvalue weighted by molar-refractivity contribution is 0.543. The Morgan fingerprint density at radius 3 is 1.79 bits per heavy atom. The molecule has 0 aliphatic rings. The van der Waals surface area contributed by atoms with Crippen LogP contribution < -0.4 is 10.6 Å². The van der Waals surface area contributed by atoms with E-state index in [1.165, 1.54) is 77.0 Å². The highest BCUT2D eigenvalue weighted by Gasteiger charge is 1.97. The second-order valence-electron chi connectivity index (χ2n) is 6.64. The van der Waals surface area contributed by atoms with E-state index >= 15 is 0 Å². The van der Waals surface area contributed by atoms with E-state index in [9.17, 15) is 0 Å². The van der Waals surface area contributed by atoms with E-state index in [-0.39, 0.29) is 0 Å². The summed E-state index contributed by atoms with van der Waals surface area (Å²) in [7, 11) is 0. The van der Waals surface area contributed by atoms with Gasteiger partial charge in [0.25, 0.3) is 0 Å². The molecule has 2 N–H and O–H groups in total. The van der Waals surface area contributed by atoms with E-state index in [0.29, 0.717) is 0 Å². The highest BCUT2D eigenvalue weighted by molar-refractivity contribution is 7.80. The summed E-state index contributed by atoms with van der Waals surface area (Å²) >= 11 is 5.30. The van der Waals surface area contributed by atoms with Crippen LogP contribution in [0.15, 0.2) is 30.3 Å². The minimum absolute atomic E-state index is 0.726. The molecule has 3 heteroatoms. The van der Waals surface area contributed by atoms with Crippen molar-refractivity contribution < 1.29 is 0 Å². The number of thiocarbonyl (C=S) groups is 1. The monoisotopic (exact) mass is 348 g/mol. The third kappa shape index (κ3) is 12.3. The van der Waals surface area contributed by atoms with Crippen molar-refractivity contribution in [2.24, 2.45) is 0 Å². The van der Waals surface area contributed by atoms with Gasteiger partial charge in [0.2, 0.25) is 0 Å². The quantitative estimate of drug-likeness (QED) is 0.290. The van der Waals surface area contributed by atoms with Gasteiger partial charge in [0.1, 0.15) is 0 Å². The van der Waals surface area contributed by atoms with Gasteiger partial charge >= 0.3 is 0 Å². The van der Waals surface area contributed by atoms with Gasteiger partial charge in [-0.25, -0.2) is 0 Å². The normalized spacial score (nSPS) is 10.5. The third-order valence-corrected chi connectivity index (χ3v) is 4.59. The number of hydrogen-bond acceptors (Lipinski definition) is 1. The fourth-order valence-corrected chi connectivity index (χ4v) is 3.08. The fraction of sp³-hybridized carbons (Fsp3) is 0.667. The van der Waals surface area contributed by atoms with Gasteiger partial charge < -0.3 is 10.6 Å². The molecular weight excluding hydrogens is 312 g/mol. The molecule has 0 amide bonds. The maximum Gasteiger partial charge on any atom is 0.170 e. The Hall–Kier alpha value is -1.09. The number of unbranched alkanes of at least 4 members (excludes halogenated alkanes) is 11. The number of para-hydroxylation sites is 1. The predicted molar refractivity (Wildman–Crippen MR) is 112 cm³/mol.